The molecule has 1 aliphatic heterocycles. The maximum atomic E-state index is 10.7. The molecular formula is C13H24N2O2. The largest absolute Gasteiger partial charge is 0.480 e. The zero-order valence-corrected chi connectivity index (χ0v) is 10.6. The summed E-state index contributed by atoms with van der Waals surface area (Å²) >= 11 is 0. The fraction of sp³-hybridized carbons (Fsp3) is 0.923. The second kappa shape index (κ2) is 6.36. The molecule has 1 saturated heterocycles. The van der Waals surface area contributed by atoms with Crippen molar-refractivity contribution < 1.29 is 9.90 Å². The summed E-state index contributed by atoms with van der Waals surface area (Å²) in [6.07, 6.45) is 6.72. The van der Waals surface area contributed by atoms with Crippen LogP contribution in [0.5, 0.6) is 0 Å². The molecular weight excluding hydrogens is 216 g/mol. The van der Waals surface area contributed by atoms with Gasteiger partial charge in [-0.1, -0.05) is 12.8 Å². The summed E-state index contributed by atoms with van der Waals surface area (Å²) in [6.45, 7) is 5.49. The molecule has 2 rings (SSSR count). The van der Waals surface area contributed by atoms with Crippen LogP contribution in [0.1, 0.15) is 32.1 Å². The van der Waals surface area contributed by atoms with Crippen LogP contribution >= 0.6 is 0 Å². The number of carbonyl (C=O) groups is 1. The van der Waals surface area contributed by atoms with Gasteiger partial charge in [0.05, 0.1) is 6.54 Å². The summed E-state index contributed by atoms with van der Waals surface area (Å²) in [5.74, 6) is 0.204. The minimum atomic E-state index is -0.700. The highest BCUT2D eigenvalue weighted by Crippen LogP contribution is 2.25. The first-order valence-electron chi connectivity index (χ1n) is 6.90. The molecule has 0 aromatic carbocycles. The molecule has 4 nitrogen and oxygen atoms in total. The Balaban J connectivity index is 1.72. The van der Waals surface area contributed by atoms with E-state index in [0.717, 1.165) is 38.5 Å². The quantitative estimate of drug-likeness (QED) is 0.803. The van der Waals surface area contributed by atoms with Crippen molar-refractivity contribution in [3.05, 3.63) is 0 Å². The van der Waals surface area contributed by atoms with Crippen LogP contribution in [0, 0.1) is 5.92 Å². The molecule has 4 heteroatoms. The van der Waals surface area contributed by atoms with Gasteiger partial charge in [-0.2, -0.15) is 0 Å². The summed E-state index contributed by atoms with van der Waals surface area (Å²) < 4.78 is 0. The van der Waals surface area contributed by atoms with Crippen LogP contribution in [0.2, 0.25) is 0 Å². The van der Waals surface area contributed by atoms with Gasteiger partial charge in [-0.3, -0.25) is 9.69 Å². The van der Waals surface area contributed by atoms with Gasteiger partial charge in [-0.25, -0.2) is 0 Å². The van der Waals surface area contributed by atoms with E-state index in [0.29, 0.717) is 0 Å². The highest BCUT2D eigenvalue weighted by Gasteiger charge is 2.21. The van der Waals surface area contributed by atoms with Crippen LogP contribution in [0.4, 0.5) is 0 Å². The van der Waals surface area contributed by atoms with E-state index in [4.69, 9.17) is 5.11 Å². The van der Waals surface area contributed by atoms with Gasteiger partial charge < -0.3 is 10.0 Å². The number of carboxylic acids is 1. The topological polar surface area (TPSA) is 43.8 Å². The lowest BCUT2D eigenvalue weighted by atomic mass is 10.1. The number of carboxylic acid groups (broad SMARTS) is 1. The molecule has 0 atom stereocenters. The lowest BCUT2D eigenvalue weighted by Crippen LogP contribution is -2.35. The molecule has 0 bridgehead atoms. The highest BCUT2D eigenvalue weighted by atomic mass is 16.4. The van der Waals surface area contributed by atoms with E-state index in [1.807, 2.05) is 0 Å². The van der Waals surface area contributed by atoms with Crippen molar-refractivity contribution in [1.29, 1.82) is 0 Å². The Bertz CT molecular complexity index is 252. The Hall–Kier alpha value is -0.610. The van der Waals surface area contributed by atoms with Gasteiger partial charge in [-0.05, 0) is 31.7 Å². The third-order valence-corrected chi connectivity index (χ3v) is 4.03. The molecule has 17 heavy (non-hydrogen) atoms. The second-order valence-electron chi connectivity index (χ2n) is 5.47. The number of rotatable bonds is 4. The van der Waals surface area contributed by atoms with E-state index in [-0.39, 0.29) is 6.54 Å². The molecule has 98 valence electrons. The van der Waals surface area contributed by atoms with Crippen molar-refractivity contribution in [1.82, 2.24) is 9.80 Å². The summed E-state index contributed by atoms with van der Waals surface area (Å²) in [4.78, 5) is 15.3. The van der Waals surface area contributed by atoms with Crippen LogP contribution in [0.3, 0.4) is 0 Å². The van der Waals surface area contributed by atoms with Gasteiger partial charge in [0.15, 0.2) is 0 Å². The maximum Gasteiger partial charge on any atom is 0.317 e. The Kier molecular flexibility index (Phi) is 4.80. The van der Waals surface area contributed by atoms with Crippen molar-refractivity contribution in [2.24, 2.45) is 5.92 Å². The van der Waals surface area contributed by atoms with E-state index < -0.39 is 5.97 Å². The molecule has 2 fully saturated rings. The monoisotopic (exact) mass is 240 g/mol. The van der Waals surface area contributed by atoms with E-state index in [2.05, 4.69) is 9.80 Å². The summed E-state index contributed by atoms with van der Waals surface area (Å²) in [6, 6.07) is 0. The van der Waals surface area contributed by atoms with Crippen LogP contribution < -0.4 is 0 Å². The molecule has 0 unspecified atom stereocenters. The van der Waals surface area contributed by atoms with Gasteiger partial charge in [-0.15, -0.1) is 0 Å². The number of nitrogens with zero attached hydrogens (tertiary/aromatic N) is 2. The van der Waals surface area contributed by atoms with Crippen molar-refractivity contribution >= 4 is 5.97 Å². The number of aliphatic carboxylic acids is 1. The third kappa shape index (κ3) is 4.28. The van der Waals surface area contributed by atoms with Crippen molar-refractivity contribution in [2.45, 2.75) is 32.1 Å². The smallest absolute Gasteiger partial charge is 0.317 e. The average Bonchev–Trinajstić information content (AvgIpc) is 2.68. The van der Waals surface area contributed by atoms with Crippen LogP contribution in [0.15, 0.2) is 0 Å². The highest BCUT2D eigenvalue weighted by molar-refractivity contribution is 5.69. The standard InChI is InChI=1S/C13H24N2O2/c16-13(17)11-15-7-3-6-14(8-9-15)10-12-4-1-2-5-12/h12H,1-11H2,(H,16,17). The van der Waals surface area contributed by atoms with Gasteiger partial charge in [0.25, 0.3) is 0 Å². The molecule has 1 aliphatic carbocycles. The zero-order valence-electron chi connectivity index (χ0n) is 10.6. The van der Waals surface area contributed by atoms with Gasteiger partial charge in [0, 0.05) is 26.2 Å². The number of hydrogen-bond donors (Lipinski definition) is 1. The van der Waals surface area contributed by atoms with Gasteiger partial charge >= 0.3 is 5.97 Å². The fourth-order valence-electron chi connectivity index (χ4n) is 3.11. The molecule has 1 saturated carbocycles. The molecule has 1 heterocycles. The molecule has 0 aromatic heterocycles. The lowest BCUT2D eigenvalue weighted by Gasteiger charge is -2.23. The SMILES string of the molecule is O=C(O)CN1CCCN(CC2CCCC2)CC1. The fourth-order valence-corrected chi connectivity index (χ4v) is 3.11. The van der Waals surface area contributed by atoms with Crippen molar-refractivity contribution in [3.8, 4) is 0 Å². The Labute approximate surface area is 104 Å². The Morgan fingerprint density at radius 1 is 1.00 bits per heavy atom. The van der Waals surface area contributed by atoms with Gasteiger partial charge in [0.1, 0.15) is 0 Å². The predicted molar refractivity (Wildman–Crippen MR) is 67.1 cm³/mol. The number of hydrogen-bond acceptors (Lipinski definition) is 3. The summed E-state index contributed by atoms with van der Waals surface area (Å²) in [5, 5.41) is 8.80. The first kappa shape index (κ1) is 12.8. The Morgan fingerprint density at radius 2 is 1.65 bits per heavy atom. The molecule has 1 N–H and O–H groups in total. The normalized spacial score (nSPS) is 24.9. The van der Waals surface area contributed by atoms with Crippen LogP contribution in [-0.2, 0) is 4.79 Å². The predicted octanol–water partition coefficient (Wildman–Crippen LogP) is 1.27. The lowest BCUT2D eigenvalue weighted by molar-refractivity contribution is -0.138. The van der Waals surface area contributed by atoms with E-state index in [1.165, 1.54) is 32.2 Å². The second-order valence-corrected chi connectivity index (χ2v) is 5.47. The van der Waals surface area contributed by atoms with Crippen molar-refractivity contribution in [2.75, 3.05) is 39.3 Å². The minimum absolute atomic E-state index is 0.206. The molecule has 0 spiro atoms. The van der Waals surface area contributed by atoms with E-state index in [1.54, 1.807) is 0 Å². The molecule has 0 amide bonds. The molecule has 0 aromatic rings. The Morgan fingerprint density at radius 3 is 2.35 bits per heavy atom. The summed E-state index contributed by atoms with van der Waals surface area (Å²) in [5.41, 5.74) is 0. The third-order valence-electron chi connectivity index (χ3n) is 4.03. The zero-order chi connectivity index (χ0) is 12.1. The first-order chi connectivity index (χ1) is 8.24. The first-order valence-corrected chi connectivity index (χ1v) is 6.90. The molecule has 2 aliphatic rings. The molecule has 0 radical (unpaired) electrons. The van der Waals surface area contributed by atoms with Crippen LogP contribution in [0.25, 0.3) is 0 Å². The average molecular weight is 240 g/mol. The van der Waals surface area contributed by atoms with Gasteiger partial charge in [0.2, 0.25) is 0 Å². The van der Waals surface area contributed by atoms with Crippen LogP contribution in [-0.4, -0.2) is 60.1 Å². The van der Waals surface area contributed by atoms with E-state index >= 15 is 0 Å². The minimum Gasteiger partial charge on any atom is -0.480 e. The van der Waals surface area contributed by atoms with E-state index in [9.17, 15) is 4.79 Å². The maximum absolute atomic E-state index is 10.7. The summed E-state index contributed by atoms with van der Waals surface area (Å²) in [7, 11) is 0. The van der Waals surface area contributed by atoms with Crippen molar-refractivity contribution in [3.63, 3.8) is 0 Å².